The molecule has 128 valence electrons. The molecule has 0 aliphatic carbocycles. The van der Waals surface area contributed by atoms with Crippen LogP contribution in [0, 0.1) is 0 Å². The fourth-order valence-electron chi connectivity index (χ4n) is 2.87. The maximum Gasteiger partial charge on any atom is 0.225 e. The van der Waals surface area contributed by atoms with Crippen molar-refractivity contribution in [2.45, 2.75) is 39.3 Å². The summed E-state index contributed by atoms with van der Waals surface area (Å²) >= 11 is 6.09. The van der Waals surface area contributed by atoms with Crippen molar-refractivity contribution < 1.29 is 5.11 Å². The van der Waals surface area contributed by atoms with Crippen molar-refractivity contribution in [3.8, 4) is 0 Å². The summed E-state index contributed by atoms with van der Waals surface area (Å²) in [6.07, 6.45) is 1.80. The largest absolute Gasteiger partial charge is 0.394 e. The molecule has 1 aromatic carbocycles. The number of aryl methyl sites for hydroxylation is 1. The van der Waals surface area contributed by atoms with E-state index in [1.54, 1.807) is 0 Å². The molecular weight excluding hydrogens is 324 g/mol. The Morgan fingerprint density at radius 3 is 2.88 bits per heavy atom. The maximum absolute atomic E-state index is 9.23. The van der Waals surface area contributed by atoms with Gasteiger partial charge in [0, 0.05) is 35.9 Å². The molecule has 5 nitrogen and oxygen atoms in total. The van der Waals surface area contributed by atoms with Crippen LogP contribution in [0.4, 0.5) is 11.8 Å². The van der Waals surface area contributed by atoms with Crippen LogP contribution in [0.3, 0.4) is 0 Å². The van der Waals surface area contributed by atoms with Gasteiger partial charge in [-0.05, 0) is 43.0 Å². The van der Waals surface area contributed by atoms with Crippen LogP contribution in [0.2, 0.25) is 5.02 Å². The minimum absolute atomic E-state index is 0.0485. The molecule has 1 atom stereocenters. The van der Waals surface area contributed by atoms with Gasteiger partial charge in [-0.2, -0.15) is 4.98 Å². The minimum atomic E-state index is -0.0748. The molecule has 0 unspecified atom stereocenters. The quantitative estimate of drug-likeness (QED) is 0.871. The van der Waals surface area contributed by atoms with Crippen LogP contribution >= 0.6 is 11.6 Å². The average Bonchev–Trinajstić information content (AvgIpc) is 2.60. The zero-order valence-electron chi connectivity index (χ0n) is 14.1. The second-order valence-electron chi connectivity index (χ2n) is 6.21. The summed E-state index contributed by atoms with van der Waals surface area (Å²) in [7, 11) is 0. The van der Waals surface area contributed by atoms with Crippen molar-refractivity contribution in [1.82, 2.24) is 9.97 Å². The first kappa shape index (κ1) is 17.0. The Morgan fingerprint density at radius 1 is 1.29 bits per heavy atom. The molecule has 24 heavy (non-hydrogen) atoms. The van der Waals surface area contributed by atoms with Gasteiger partial charge in [0.2, 0.25) is 5.95 Å². The third-order valence-corrected chi connectivity index (χ3v) is 4.52. The molecule has 1 aliphatic heterocycles. The van der Waals surface area contributed by atoms with Crippen LogP contribution in [-0.4, -0.2) is 34.3 Å². The number of aliphatic hydroxyl groups is 1. The monoisotopic (exact) mass is 346 g/mol. The van der Waals surface area contributed by atoms with Crippen LogP contribution in [-0.2, 0) is 19.4 Å². The van der Waals surface area contributed by atoms with Crippen molar-refractivity contribution in [2.75, 3.05) is 23.4 Å². The maximum atomic E-state index is 9.23. The van der Waals surface area contributed by atoms with Gasteiger partial charge in [0.25, 0.3) is 0 Å². The molecule has 1 aromatic heterocycles. The number of aromatic nitrogens is 2. The smallest absolute Gasteiger partial charge is 0.225 e. The van der Waals surface area contributed by atoms with Crippen LogP contribution in [0.15, 0.2) is 24.3 Å². The lowest BCUT2D eigenvalue weighted by atomic mass is 10.00. The second kappa shape index (κ2) is 7.36. The lowest BCUT2D eigenvalue weighted by Crippen LogP contribution is -2.31. The summed E-state index contributed by atoms with van der Waals surface area (Å²) in [4.78, 5) is 11.4. The van der Waals surface area contributed by atoms with Gasteiger partial charge in [0.05, 0.1) is 6.61 Å². The predicted octanol–water partition coefficient (Wildman–Crippen LogP) is 3.05. The second-order valence-corrected chi connectivity index (χ2v) is 6.64. The highest BCUT2D eigenvalue weighted by Gasteiger charge is 2.19. The van der Waals surface area contributed by atoms with Crippen LogP contribution in [0.25, 0.3) is 0 Å². The molecule has 0 spiro atoms. The topological polar surface area (TPSA) is 61.3 Å². The van der Waals surface area contributed by atoms with E-state index in [0.717, 1.165) is 42.5 Å². The molecule has 1 aliphatic rings. The first-order valence-corrected chi connectivity index (χ1v) is 8.74. The van der Waals surface area contributed by atoms with E-state index in [4.69, 9.17) is 11.6 Å². The molecule has 6 heteroatoms. The van der Waals surface area contributed by atoms with Gasteiger partial charge in [-0.1, -0.05) is 24.6 Å². The Hall–Kier alpha value is -1.85. The van der Waals surface area contributed by atoms with E-state index in [0.29, 0.717) is 5.95 Å². The minimum Gasteiger partial charge on any atom is -0.394 e. The van der Waals surface area contributed by atoms with Crippen LogP contribution in [0.1, 0.15) is 30.7 Å². The third-order valence-electron chi connectivity index (χ3n) is 4.28. The number of aliphatic hydroxyl groups excluding tert-OH is 1. The van der Waals surface area contributed by atoms with E-state index in [1.807, 2.05) is 13.0 Å². The highest BCUT2D eigenvalue weighted by molar-refractivity contribution is 6.30. The predicted molar refractivity (Wildman–Crippen MR) is 97.8 cm³/mol. The third kappa shape index (κ3) is 3.79. The molecule has 2 aromatic rings. The summed E-state index contributed by atoms with van der Waals surface area (Å²) < 4.78 is 0. The highest BCUT2D eigenvalue weighted by Crippen LogP contribution is 2.26. The molecule has 3 rings (SSSR count). The fraction of sp³-hybridized carbons (Fsp3) is 0.444. The van der Waals surface area contributed by atoms with Gasteiger partial charge < -0.3 is 15.3 Å². The lowest BCUT2D eigenvalue weighted by molar-refractivity contribution is 0.281. The van der Waals surface area contributed by atoms with Crippen molar-refractivity contribution >= 4 is 23.4 Å². The van der Waals surface area contributed by atoms with Gasteiger partial charge >= 0.3 is 0 Å². The van der Waals surface area contributed by atoms with Crippen molar-refractivity contribution in [3.05, 3.63) is 46.1 Å². The molecule has 0 amide bonds. The van der Waals surface area contributed by atoms with E-state index in [9.17, 15) is 5.11 Å². The summed E-state index contributed by atoms with van der Waals surface area (Å²) in [6, 6.07) is 8.07. The zero-order chi connectivity index (χ0) is 17.1. The number of rotatable bonds is 5. The standard InChI is InChI=1S/C18H23ClN4O/c1-3-16-9-17(22-18(21-16)20-12(2)11-24)23-7-6-13-8-15(19)5-4-14(13)10-23/h4-5,8-9,12,24H,3,6-7,10-11H2,1-2H3,(H,20,21,22)/t12-/m1/s1. The Balaban J connectivity index is 1.86. The Morgan fingerprint density at radius 2 is 2.12 bits per heavy atom. The number of benzene rings is 1. The first-order valence-electron chi connectivity index (χ1n) is 8.36. The van der Waals surface area contributed by atoms with Crippen molar-refractivity contribution in [1.29, 1.82) is 0 Å². The van der Waals surface area contributed by atoms with Crippen LogP contribution in [0.5, 0.6) is 0 Å². The van der Waals surface area contributed by atoms with Gasteiger partial charge in [0.1, 0.15) is 5.82 Å². The normalized spacial score (nSPS) is 15.1. The van der Waals surface area contributed by atoms with E-state index >= 15 is 0 Å². The van der Waals surface area contributed by atoms with E-state index < -0.39 is 0 Å². The number of hydrogen-bond acceptors (Lipinski definition) is 5. The summed E-state index contributed by atoms with van der Waals surface area (Å²) in [5.41, 5.74) is 3.60. The molecule has 0 radical (unpaired) electrons. The number of hydrogen-bond donors (Lipinski definition) is 2. The summed E-state index contributed by atoms with van der Waals surface area (Å²) in [5.74, 6) is 1.50. The van der Waals surface area contributed by atoms with E-state index in [-0.39, 0.29) is 12.6 Å². The zero-order valence-corrected chi connectivity index (χ0v) is 14.8. The Kier molecular flexibility index (Phi) is 5.21. The van der Waals surface area contributed by atoms with Gasteiger partial charge in [0.15, 0.2) is 0 Å². The highest BCUT2D eigenvalue weighted by atomic mass is 35.5. The molecular formula is C18H23ClN4O. The SMILES string of the molecule is CCc1cc(N2CCc3cc(Cl)ccc3C2)nc(N[C@H](C)CO)n1. The summed E-state index contributed by atoms with van der Waals surface area (Å²) in [6.45, 7) is 5.76. The molecule has 0 bridgehead atoms. The number of fused-ring (bicyclic) bond motifs is 1. The Labute approximate surface area is 147 Å². The molecule has 2 N–H and O–H groups in total. The number of nitrogens with one attached hydrogen (secondary N) is 1. The van der Waals surface area contributed by atoms with Gasteiger partial charge in [-0.25, -0.2) is 4.98 Å². The van der Waals surface area contributed by atoms with E-state index in [2.05, 4.69) is 45.3 Å². The molecule has 2 heterocycles. The average molecular weight is 347 g/mol. The molecule has 0 fully saturated rings. The van der Waals surface area contributed by atoms with Crippen LogP contribution < -0.4 is 10.2 Å². The van der Waals surface area contributed by atoms with E-state index in [1.165, 1.54) is 11.1 Å². The number of halogens is 1. The Bertz CT molecular complexity index is 722. The number of nitrogens with zero attached hydrogens (tertiary/aromatic N) is 3. The van der Waals surface area contributed by atoms with Crippen molar-refractivity contribution in [3.63, 3.8) is 0 Å². The van der Waals surface area contributed by atoms with Gasteiger partial charge in [-0.3, -0.25) is 0 Å². The molecule has 0 saturated carbocycles. The van der Waals surface area contributed by atoms with Crippen molar-refractivity contribution in [2.24, 2.45) is 0 Å². The summed E-state index contributed by atoms with van der Waals surface area (Å²) in [5, 5.41) is 13.2. The van der Waals surface area contributed by atoms with Gasteiger partial charge in [-0.15, -0.1) is 0 Å². The molecule has 0 saturated heterocycles. The first-order chi connectivity index (χ1) is 11.6. The fourth-order valence-corrected chi connectivity index (χ4v) is 3.07. The lowest BCUT2D eigenvalue weighted by Gasteiger charge is -2.30. The number of anilines is 2.